The van der Waals surface area contributed by atoms with Crippen LogP contribution >= 0.6 is 31.9 Å². The van der Waals surface area contributed by atoms with Crippen molar-refractivity contribution in [3.8, 4) is 0 Å². The summed E-state index contributed by atoms with van der Waals surface area (Å²) in [4.78, 5) is 15.9. The molecule has 1 amide bonds. The van der Waals surface area contributed by atoms with E-state index in [-0.39, 0.29) is 11.6 Å². The fraction of sp³-hybridized carbons (Fsp3) is 0.0769. The SMILES string of the molecule is Cc1cc(Br)c(F)cc1NC(=O)c1ccc(Br)cn1. The largest absolute Gasteiger partial charge is 0.320 e. The van der Waals surface area contributed by atoms with Crippen molar-refractivity contribution >= 4 is 43.5 Å². The lowest BCUT2D eigenvalue weighted by Gasteiger charge is -2.09. The molecule has 1 aromatic carbocycles. The second-order valence-corrected chi connectivity index (χ2v) is 5.67. The number of aromatic nitrogens is 1. The summed E-state index contributed by atoms with van der Waals surface area (Å²) in [6.45, 7) is 1.79. The minimum atomic E-state index is -0.426. The molecule has 0 saturated carbocycles. The van der Waals surface area contributed by atoms with Gasteiger partial charge in [-0.3, -0.25) is 4.79 Å². The van der Waals surface area contributed by atoms with E-state index < -0.39 is 5.82 Å². The summed E-state index contributed by atoms with van der Waals surface area (Å²) < 4.78 is 14.6. The third-order valence-electron chi connectivity index (χ3n) is 2.48. The summed E-state index contributed by atoms with van der Waals surface area (Å²) in [5.74, 6) is -0.804. The third kappa shape index (κ3) is 3.39. The van der Waals surface area contributed by atoms with Crippen molar-refractivity contribution in [1.29, 1.82) is 0 Å². The van der Waals surface area contributed by atoms with Gasteiger partial charge in [-0.25, -0.2) is 9.37 Å². The highest BCUT2D eigenvalue weighted by atomic mass is 79.9. The molecule has 0 bridgehead atoms. The highest BCUT2D eigenvalue weighted by molar-refractivity contribution is 9.10. The molecule has 2 aromatic rings. The van der Waals surface area contributed by atoms with Crippen LogP contribution in [0, 0.1) is 12.7 Å². The highest BCUT2D eigenvalue weighted by Crippen LogP contribution is 2.24. The van der Waals surface area contributed by atoms with Gasteiger partial charge in [0.05, 0.1) is 4.47 Å². The molecule has 0 radical (unpaired) electrons. The number of nitrogens with zero attached hydrogens (tertiary/aromatic N) is 1. The van der Waals surface area contributed by atoms with Crippen molar-refractivity contribution < 1.29 is 9.18 Å². The maximum atomic E-state index is 13.4. The molecule has 0 unspecified atom stereocenters. The topological polar surface area (TPSA) is 42.0 Å². The number of hydrogen-bond donors (Lipinski definition) is 1. The van der Waals surface area contributed by atoms with Gasteiger partial charge in [-0.15, -0.1) is 0 Å². The van der Waals surface area contributed by atoms with Crippen molar-refractivity contribution in [3.05, 3.63) is 56.5 Å². The second kappa shape index (κ2) is 5.79. The van der Waals surface area contributed by atoms with Gasteiger partial charge in [0, 0.05) is 16.4 Å². The Labute approximate surface area is 126 Å². The van der Waals surface area contributed by atoms with E-state index in [9.17, 15) is 9.18 Å². The van der Waals surface area contributed by atoms with E-state index in [4.69, 9.17) is 0 Å². The highest BCUT2D eigenvalue weighted by Gasteiger charge is 2.11. The van der Waals surface area contributed by atoms with Crippen LogP contribution in [0.2, 0.25) is 0 Å². The van der Waals surface area contributed by atoms with E-state index in [1.54, 1.807) is 25.1 Å². The molecule has 3 nitrogen and oxygen atoms in total. The van der Waals surface area contributed by atoms with E-state index in [0.717, 1.165) is 10.0 Å². The molecule has 1 heterocycles. The zero-order valence-electron chi connectivity index (χ0n) is 9.88. The quantitative estimate of drug-likeness (QED) is 0.834. The number of benzene rings is 1. The number of hydrogen-bond acceptors (Lipinski definition) is 2. The lowest BCUT2D eigenvalue weighted by Crippen LogP contribution is -2.14. The third-order valence-corrected chi connectivity index (χ3v) is 3.55. The molecule has 2 rings (SSSR count). The van der Waals surface area contributed by atoms with Crippen LogP contribution in [0.1, 0.15) is 16.1 Å². The van der Waals surface area contributed by atoms with Gasteiger partial charge in [0.2, 0.25) is 0 Å². The number of carbonyl (C=O) groups excluding carboxylic acids is 1. The number of pyridine rings is 1. The predicted octanol–water partition coefficient (Wildman–Crippen LogP) is 4.31. The summed E-state index contributed by atoms with van der Waals surface area (Å²) in [6.07, 6.45) is 1.53. The summed E-state index contributed by atoms with van der Waals surface area (Å²) in [5, 5.41) is 2.64. The van der Waals surface area contributed by atoms with Crippen LogP contribution in [0.25, 0.3) is 0 Å². The lowest BCUT2D eigenvalue weighted by molar-refractivity contribution is 0.102. The Morgan fingerprint density at radius 1 is 1.32 bits per heavy atom. The fourth-order valence-corrected chi connectivity index (χ4v) is 2.17. The Morgan fingerprint density at radius 3 is 2.68 bits per heavy atom. The van der Waals surface area contributed by atoms with Gasteiger partial charge in [-0.1, -0.05) is 0 Å². The molecule has 1 aromatic heterocycles. The van der Waals surface area contributed by atoms with Crippen molar-refractivity contribution in [1.82, 2.24) is 4.98 Å². The van der Waals surface area contributed by atoms with Crippen molar-refractivity contribution in [3.63, 3.8) is 0 Å². The normalized spacial score (nSPS) is 10.3. The Bertz CT molecular complexity index is 629. The van der Waals surface area contributed by atoms with Crippen LogP contribution < -0.4 is 5.32 Å². The first-order valence-electron chi connectivity index (χ1n) is 5.36. The van der Waals surface area contributed by atoms with Crippen LogP contribution in [0.3, 0.4) is 0 Å². The van der Waals surface area contributed by atoms with Gasteiger partial charge in [-0.05, 0) is 68.6 Å². The molecule has 0 saturated heterocycles. The smallest absolute Gasteiger partial charge is 0.274 e. The van der Waals surface area contributed by atoms with E-state index in [0.29, 0.717) is 10.2 Å². The average Bonchev–Trinajstić information content (AvgIpc) is 2.36. The van der Waals surface area contributed by atoms with E-state index in [1.165, 1.54) is 12.3 Å². The van der Waals surface area contributed by atoms with Crippen LogP contribution in [0.15, 0.2) is 39.4 Å². The van der Waals surface area contributed by atoms with Gasteiger partial charge < -0.3 is 5.32 Å². The summed E-state index contributed by atoms with van der Waals surface area (Å²) >= 11 is 6.34. The van der Waals surface area contributed by atoms with Gasteiger partial charge in [0.1, 0.15) is 11.5 Å². The first-order valence-corrected chi connectivity index (χ1v) is 6.94. The molecule has 19 heavy (non-hydrogen) atoms. The molecule has 0 aliphatic heterocycles. The molecule has 0 aliphatic rings. The average molecular weight is 388 g/mol. The lowest BCUT2D eigenvalue weighted by atomic mass is 10.2. The van der Waals surface area contributed by atoms with Gasteiger partial charge in [-0.2, -0.15) is 0 Å². The number of halogens is 3. The Kier molecular flexibility index (Phi) is 4.31. The molecule has 6 heteroatoms. The Morgan fingerprint density at radius 2 is 2.05 bits per heavy atom. The summed E-state index contributed by atoms with van der Waals surface area (Å²) in [5.41, 5.74) is 1.46. The molecule has 1 N–H and O–H groups in total. The number of nitrogens with one attached hydrogen (secondary N) is 1. The number of anilines is 1. The van der Waals surface area contributed by atoms with Gasteiger partial charge in [0.25, 0.3) is 5.91 Å². The maximum Gasteiger partial charge on any atom is 0.274 e. The molecule has 0 atom stereocenters. The predicted molar refractivity (Wildman–Crippen MR) is 78.7 cm³/mol. The second-order valence-electron chi connectivity index (χ2n) is 3.90. The zero-order valence-corrected chi connectivity index (χ0v) is 13.0. The van der Waals surface area contributed by atoms with Crippen LogP contribution in [-0.2, 0) is 0 Å². The molecule has 0 aliphatic carbocycles. The van der Waals surface area contributed by atoms with E-state index >= 15 is 0 Å². The van der Waals surface area contributed by atoms with Crippen molar-refractivity contribution in [2.75, 3.05) is 5.32 Å². The summed E-state index contributed by atoms with van der Waals surface area (Å²) in [7, 11) is 0. The monoisotopic (exact) mass is 386 g/mol. The number of rotatable bonds is 2. The van der Waals surface area contributed by atoms with Crippen molar-refractivity contribution in [2.45, 2.75) is 6.92 Å². The van der Waals surface area contributed by atoms with Gasteiger partial charge >= 0.3 is 0 Å². The van der Waals surface area contributed by atoms with Crippen LogP contribution in [0.4, 0.5) is 10.1 Å². The molecule has 0 fully saturated rings. The molecular weight excluding hydrogens is 379 g/mol. The standard InChI is InChI=1S/C13H9Br2FN2O/c1-7-4-9(15)10(16)5-12(7)18-13(19)11-3-2-8(14)6-17-11/h2-6H,1H3,(H,18,19). The summed E-state index contributed by atoms with van der Waals surface area (Å²) in [6, 6.07) is 6.19. The molecule has 98 valence electrons. The first-order chi connectivity index (χ1) is 8.97. The number of carbonyl (C=O) groups is 1. The number of amides is 1. The van der Waals surface area contributed by atoms with Crippen molar-refractivity contribution in [2.24, 2.45) is 0 Å². The maximum absolute atomic E-state index is 13.4. The van der Waals surface area contributed by atoms with E-state index in [1.807, 2.05) is 0 Å². The fourth-order valence-electron chi connectivity index (χ4n) is 1.48. The Balaban J connectivity index is 2.24. The van der Waals surface area contributed by atoms with E-state index in [2.05, 4.69) is 42.2 Å². The molecular formula is C13H9Br2FN2O. The van der Waals surface area contributed by atoms with Crippen LogP contribution in [0.5, 0.6) is 0 Å². The zero-order chi connectivity index (χ0) is 14.0. The number of aryl methyl sites for hydroxylation is 1. The first kappa shape index (κ1) is 14.1. The minimum Gasteiger partial charge on any atom is -0.320 e. The minimum absolute atomic E-state index is 0.269. The molecule has 0 spiro atoms. The Hall–Kier alpha value is -1.27. The van der Waals surface area contributed by atoms with Gasteiger partial charge in [0.15, 0.2) is 0 Å². The van der Waals surface area contributed by atoms with Crippen LogP contribution in [-0.4, -0.2) is 10.9 Å².